The maximum Gasteiger partial charge on any atom is 0.272 e. The van der Waals surface area contributed by atoms with Gasteiger partial charge in [-0.25, -0.2) is 0 Å². The summed E-state index contributed by atoms with van der Waals surface area (Å²) >= 11 is 0. The van der Waals surface area contributed by atoms with Gasteiger partial charge in [-0.05, 0) is 25.9 Å². The summed E-state index contributed by atoms with van der Waals surface area (Å²) < 4.78 is 0. The third-order valence-corrected chi connectivity index (χ3v) is 3.56. The van der Waals surface area contributed by atoms with Gasteiger partial charge in [-0.15, -0.1) is 0 Å². The summed E-state index contributed by atoms with van der Waals surface area (Å²) in [5.74, 6) is 0. The second kappa shape index (κ2) is 6.63. The van der Waals surface area contributed by atoms with Gasteiger partial charge in [-0.2, -0.15) is 0 Å². The Balaban J connectivity index is 1.94. The lowest BCUT2D eigenvalue weighted by atomic mass is 10.0. The van der Waals surface area contributed by atoms with Gasteiger partial charge in [-0.1, -0.05) is 24.6 Å². The summed E-state index contributed by atoms with van der Waals surface area (Å²) in [6.07, 6.45) is 3.42. The summed E-state index contributed by atoms with van der Waals surface area (Å²) in [6, 6.07) is 6.63. The van der Waals surface area contributed by atoms with Crippen LogP contribution in [-0.2, 0) is 6.42 Å². The normalized spacial score (nSPS) is 18.2. The van der Waals surface area contributed by atoms with Crippen molar-refractivity contribution >= 4 is 5.69 Å². The summed E-state index contributed by atoms with van der Waals surface area (Å²) in [5.41, 5.74) is 0.706. The Kier molecular flexibility index (Phi) is 4.87. The number of hydrogen-bond acceptors (Lipinski definition) is 4. The summed E-state index contributed by atoms with van der Waals surface area (Å²) in [6.45, 7) is 2.65. The number of aliphatic hydroxyl groups excluding tert-OH is 1. The number of nitro groups is 1. The number of piperidine rings is 1. The molecule has 1 aromatic rings. The van der Waals surface area contributed by atoms with Crippen LogP contribution in [0.4, 0.5) is 5.69 Å². The lowest BCUT2D eigenvalue weighted by Crippen LogP contribution is -2.37. The fraction of sp³-hybridized carbons (Fsp3) is 0.571. The number of para-hydroxylation sites is 1. The van der Waals surface area contributed by atoms with Gasteiger partial charge >= 0.3 is 0 Å². The van der Waals surface area contributed by atoms with Gasteiger partial charge in [0.15, 0.2) is 0 Å². The topological polar surface area (TPSA) is 66.6 Å². The van der Waals surface area contributed by atoms with Crippen LogP contribution in [0.2, 0.25) is 0 Å². The molecule has 0 amide bonds. The number of aliphatic hydroxyl groups is 1. The highest BCUT2D eigenvalue weighted by molar-refractivity contribution is 5.40. The first-order valence-corrected chi connectivity index (χ1v) is 6.79. The minimum atomic E-state index is -0.542. The van der Waals surface area contributed by atoms with E-state index in [0.29, 0.717) is 18.5 Å². The van der Waals surface area contributed by atoms with E-state index in [1.54, 1.807) is 18.2 Å². The van der Waals surface area contributed by atoms with Crippen LogP contribution in [0.1, 0.15) is 24.8 Å². The summed E-state index contributed by atoms with van der Waals surface area (Å²) in [5, 5.41) is 21.0. The molecule has 1 atom stereocenters. The van der Waals surface area contributed by atoms with Gasteiger partial charge in [0.2, 0.25) is 0 Å². The minimum Gasteiger partial charge on any atom is -0.391 e. The Hall–Kier alpha value is -1.46. The molecule has 5 heteroatoms. The van der Waals surface area contributed by atoms with E-state index in [-0.39, 0.29) is 10.6 Å². The Morgan fingerprint density at radius 2 is 1.95 bits per heavy atom. The second-order valence-electron chi connectivity index (χ2n) is 5.11. The second-order valence-corrected chi connectivity index (χ2v) is 5.11. The van der Waals surface area contributed by atoms with Gasteiger partial charge in [0.05, 0.1) is 11.0 Å². The zero-order valence-corrected chi connectivity index (χ0v) is 11.0. The minimum absolute atomic E-state index is 0.0974. The molecule has 1 N–H and O–H groups in total. The van der Waals surface area contributed by atoms with Gasteiger partial charge in [0, 0.05) is 24.6 Å². The zero-order chi connectivity index (χ0) is 13.7. The molecule has 0 spiro atoms. The molecule has 1 aliphatic rings. The molecule has 0 radical (unpaired) electrons. The van der Waals surface area contributed by atoms with Gasteiger partial charge in [0.1, 0.15) is 0 Å². The Morgan fingerprint density at radius 3 is 2.63 bits per heavy atom. The van der Waals surface area contributed by atoms with Crippen LogP contribution < -0.4 is 0 Å². The molecule has 0 aliphatic carbocycles. The van der Waals surface area contributed by atoms with E-state index in [2.05, 4.69) is 4.90 Å². The number of hydrogen-bond donors (Lipinski definition) is 1. The predicted octanol–water partition coefficient (Wildman–Crippen LogP) is 1.98. The number of nitro benzene ring substituents is 1. The van der Waals surface area contributed by atoms with Crippen molar-refractivity contribution in [2.24, 2.45) is 0 Å². The molecule has 1 heterocycles. The number of rotatable bonds is 5. The van der Waals surface area contributed by atoms with Crippen LogP contribution in [0.5, 0.6) is 0 Å². The van der Waals surface area contributed by atoms with Crippen molar-refractivity contribution in [1.29, 1.82) is 0 Å². The highest BCUT2D eigenvalue weighted by atomic mass is 16.6. The van der Waals surface area contributed by atoms with E-state index in [0.717, 1.165) is 13.1 Å². The molecule has 0 unspecified atom stereocenters. The summed E-state index contributed by atoms with van der Waals surface area (Å²) in [4.78, 5) is 12.8. The van der Waals surface area contributed by atoms with Crippen molar-refractivity contribution in [2.75, 3.05) is 19.6 Å². The van der Waals surface area contributed by atoms with E-state index in [1.807, 2.05) is 0 Å². The number of nitrogens with zero attached hydrogens (tertiary/aromatic N) is 2. The van der Waals surface area contributed by atoms with Crippen molar-refractivity contribution in [3.8, 4) is 0 Å². The van der Waals surface area contributed by atoms with E-state index in [4.69, 9.17) is 0 Å². The maximum atomic E-state index is 10.9. The fourth-order valence-electron chi connectivity index (χ4n) is 2.62. The number of benzene rings is 1. The third-order valence-electron chi connectivity index (χ3n) is 3.56. The van der Waals surface area contributed by atoms with Crippen molar-refractivity contribution in [2.45, 2.75) is 31.8 Å². The van der Waals surface area contributed by atoms with E-state index >= 15 is 0 Å². The van der Waals surface area contributed by atoms with E-state index in [9.17, 15) is 15.2 Å². The fourth-order valence-corrected chi connectivity index (χ4v) is 2.62. The molecular weight excluding hydrogens is 244 g/mol. The molecule has 1 saturated heterocycles. The smallest absolute Gasteiger partial charge is 0.272 e. The lowest BCUT2D eigenvalue weighted by Gasteiger charge is -2.28. The Bertz CT molecular complexity index is 430. The van der Waals surface area contributed by atoms with E-state index < -0.39 is 6.10 Å². The Morgan fingerprint density at radius 1 is 1.26 bits per heavy atom. The molecule has 19 heavy (non-hydrogen) atoms. The molecular formula is C14H20N2O3. The highest BCUT2D eigenvalue weighted by Crippen LogP contribution is 2.20. The lowest BCUT2D eigenvalue weighted by molar-refractivity contribution is -0.385. The number of likely N-dealkylation sites (tertiary alicyclic amines) is 1. The zero-order valence-electron chi connectivity index (χ0n) is 11.0. The van der Waals surface area contributed by atoms with Crippen LogP contribution in [0, 0.1) is 10.1 Å². The van der Waals surface area contributed by atoms with Crippen LogP contribution in [-0.4, -0.2) is 40.7 Å². The first-order valence-electron chi connectivity index (χ1n) is 6.79. The average Bonchev–Trinajstić information content (AvgIpc) is 2.40. The number of β-amino-alcohol motifs (C(OH)–C–C–N with tert-alkyl or cyclic N) is 1. The molecule has 104 valence electrons. The largest absolute Gasteiger partial charge is 0.391 e. The SMILES string of the molecule is O=[N+]([O-])c1ccccc1C[C@@H](O)CN1CCCCC1. The van der Waals surface area contributed by atoms with Crippen molar-refractivity contribution < 1.29 is 10.0 Å². The van der Waals surface area contributed by atoms with Crippen molar-refractivity contribution in [1.82, 2.24) is 4.90 Å². The van der Waals surface area contributed by atoms with Crippen LogP contribution in [0.25, 0.3) is 0 Å². The standard InChI is InChI=1S/C14H20N2O3/c17-13(11-15-8-4-1-5-9-15)10-12-6-2-3-7-14(12)16(18)19/h2-3,6-7,13,17H,1,4-5,8-11H2/t13-/m1/s1. The molecule has 0 bridgehead atoms. The molecule has 1 aromatic carbocycles. The van der Waals surface area contributed by atoms with Gasteiger partial charge < -0.3 is 10.0 Å². The summed E-state index contributed by atoms with van der Waals surface area (Å²) in [7, 11) is 0. The first kappa shape index (κ1) is 14.0. The predicted molar refractivity (Wildman–Crippen MR) is 73.1 cm³/mol. The van der Waals surface area contributed by atoms with Gasteiger partial charge in [-0.3, -0.25) is 10.1 Å². The molecule has 0 aromatic heterocycles. The van der Waals surface area contributed by atoms with E-state index in [1.165, 1.54) is 25.3 Å². The van der Waals surface area contributed by atoms with Gasteiger partial charge in [0.25, 0.3) is 5.69 Å². The maximum absolute atomic E-state index is 10.9. The molecule has 1 aliphatic heterocycles. The van der Waals surface area contributed by atoms with Crippen LogP contribution >= 0.6 is 0 Å². The van der Waals surface area contributed by atoms with Crippen molar-refractivity contribution in [3.63, 3.8) is 0 Å². The molecule has 5 nitrogen and oxygen atoms in total. The van der Waals surface area contributed by atoms with Crippen molar-refractivity contribution in [3.05, 3.63) is 39.9 Å². The average molecular weight is 264 g/mol. The highest BCUT2D eigenvalue weighted by Gasteiger charge is 2.19. The third kappa shape index (κ3) is 4.01. The first-order chi connectivity index (χ1) is 9.16. The molecule has 0 saturated carbocycles. The molecule has 1 fully saturated rings. The monoisotopic (exact) mass is 264 g/mol. The quantitative estimate of drug-likeness (QED) is 0.652. The van der Waals surface area contributed by atoms with Crippen LogP contribution in [0.15, 0.2) is 24.3 Å². The molecule has 2 rings (SSSR count). The Labute approximate surface area is 113 Å². The van der Waals surface area contributed by atoms with Crippen LogP contribution in [0.3, 0.4) is 0 Å².